The molecule has 0 radical (unpaired) electrons. The van der Waals surface area contributed by atoms with Gasteiger partial charge in [-0.3, -0.25) is 19.3 Å². The van der Waals surface area contributed by atoms with Crippen LogP contribution in [-0.4, -0.2) is 87.6 Å². The van der Waals surface area contributed by atoms with Gasteiger partial charge in [0.1, 0.15) is 23.7 Å². The molecule has 16 nitrogen and oxygen atoms in total. The van der Waals surface area contributed by atoms with Gasteiger partial charge in [0.25, 0.3) is 11.8 Å². The monoisotopic (exact) mass is 562 g/mol. The zero-order valence-corrected chi connectivity index (χ0v) is 22.8. The number of tetrazole rings is 1. The van der Waals surface area contributed by atoms with Crippen LogP contribution in [0, 0.1) is 0 Å². The number of aromatic nitrogens is 5. The van der Waals surface area contributed by atoms with Crippen LogP contribution in [0.2, 0.25) is 0 Å². The summed E-state index contributed by atoms with van der Waals surface area (Å²) in [5.74, 6) is -3.47. The van der Waals surface area contributed by atoms with Crippen LogP contribution < -0.4 is 51.4 Å². The predicted molar refractivity (Wildman–Crippen MR) is 120 cm³/mol. The number of carbonyl (C=O) groups excluding carboxylic acids is 4. The molecule has 1 fully saturated rings. The van der Waals surface area contributed by atoms with Gasteiger partial charge in [-0.1, -0.05) is 16.9 Å². The van der Waals surface area contributed by atoms with Crippen LogP contribution in [0.1, 0.15) is 5.69 Å². The first kappa shape index (κ1) is 27.9. The van der Waals surface area contributed by atoms with Crippen LogP contribution in [0.4, 0.5) is 5.13 Å². The van der Waals surface area contributed by atoms with Crippen molar-refractivity contribution in [3.63, 3.8) is 0 Å². The number of aliphatic carboxylic acids is 1. The molecule has 0 saturated carbocycles. The quantitative estimate of drug-likeness (QED) is 0.0555. The maximum absolute atomic E-state index is 12.8. The number of nitrogens with two attached hydrogens (primary N) is 2. The van der Waals surface area contributed by atoms with Crippen molar-refractivity contribution >= 4 is 69.4 Å². The number of oxime groups is 1. The molecule has 4 rings (SSSR count). The van der Waals surface area contributed by atoms with E-state index in [1.165, 1.54) is 21.8 Å². The summed E-state index contributed by atoms with van der Waals surface area (Å²) in [5.41, 5.74) is 10.3. The molecule has 0 bridgehead atoms. The van der Waals surface area contributed by atoms with E-state index >= 15 is 0 Å². The molecular formula is C16H15N10NaO6S3. The van der Waals surface area contributed by atoms with Crippen molar-refractivity contribution in [2.24, 2.45) is 10.9 Å². The fraction of sp³-hybridized carbons (Fsp3) is 0.312. The third-order valence-corrected chi connectivity index (χ3v) is 7.84. The summed E-state index contributed by atoms with van der Waals surface area (Å²) in [6.07, 6.45) is 0. The minimum absolute atomic E-state index is 0. The number of nitrogens with one attached hydrogen (secondary N) is 1. The number of nitrogen functional groups attached to an aromatic ring is 1. The minimum Gasteiger partial charge on any atom is -0.543 e. The Morgan fingerprint density at radius 1 is 1.39 bits per heavy atom. The van der Waals surface area contributed by atoms with Crippen LogP contribution in [0.15, 0.2) is 27.0 Å². The Labute approximate surface area is 236 Å². The molecule has 2 aromatic heterocycles. The molecule has 2 aromatic rings. The number of primary amides is 1. The Morgan fingerprint density at radius 3 is 2.75 bits per heavy atom. The molecule has 0 aromatic carbocycles. The van der Waals surface area contributed by atoms with Crippen LogP contribution in [0.25, 0.3) is 0 Å². The third-order valence-electron chi connectivity index (χ3n) is 4.79. The molecule has 1 saturated heterocycles. The van der Waals surface area contributed by atoms with Gasteiger partial charge in [0.05, 0.1) is 11.7 Å². The first-order chi connectivity index (χ1) is 16.7. The zero-order chi connectivity index (χ0) is 25.3. The summed E-state index contributed by atoms with van der Waals surface area (Å²) in [6, 6.07) is -1.06. The van der Waals surface area contributed by atoms with Gasteiger partial charge in [-0.2, -0.15) is 0 Å². The summed E-state index contributed by atoms with van der Waals surface area (Å²) in [6.45, 7) is -0.253. The largest absolute Gasteiger partial charge is 1.00 e. The fourth-order valence-electron chi connectivity index (χ4n) is 3.30. The van der Waals surface area contributed by atoms with Gasteiger partial charge in [-0.05, 0) is 16.0 Å². The number of thioether (sulfide) groups is 2. The molecule has 2 unspecified atom stereocenters. The number of hydrogen-bond donors (Lipinski definition) is 4. The van der Waals surface area contributed by atoms with Gasteiger partial charge in [-0.25, -0.2) is 9.67 Å². The molecule has 2 atom stereocenters. The molecular weight excluding hydrogens is 547 g/mol. The second-order valence-electron chi connectivity index (χ2n) is 6.99. The Morgan fingerprint density at radius 2 is 2.14 bits per heavy atom. The standard InChI is InChI=1S/C16H16N10O6S3.Na/c17-7(27)1-25-16(21-23-24-25)35-3-5-2-33-13-9(12(29)26(13)10(5)14(30)31)20-11(28)8(22-32)6-4-34-15(18)19-6;/h4,9,13,32H,1-3H2,(H2,17,27)(H2,18,19)(H,20,28)(H,30,31);/q;+1/p-1/b22-8+;. The molecule has 0 aliphatic carbocycles. The van der Waals surface area contributed by atoms with Gasteiger partial charge in [0.15, 0.2) is 10.8 Å². The normalized spacial score (nSPS) is 19.3. The number of rotatable bonds is 9. The van der Waals surface area contributed by atoms with Gasteiger partial charge in [-0.15, -0.1) is 28.2 Å². The number of amides is 3. The van der Waals surface area contributed by atoms with Crippen molar-refractivity contribution in [1.82, 2.24) is 35.4 Å². The first-order valence-electron chi connectivity index (χ1n) is 9.50. The van der Waals surface area contributed by atoms with Crippen molar-refractivity contribution in [1.29, 1.82) is 0 Å². The van der Waals surface area contributed by atoms with E-state index in [2.05, 4.69) is 31.0 Å². The Bertz CT molecular complexity index is 1280. The van der Waals surface area contributed by atoms with E-state index in [-0.39, 0.29) is 69.3 Å². The van der Waals surface area contributed by atoms with Crippen molar-refractivity contribution in [3.05, 3.63) is 22.3 Å². The number of thiazole rings is 1. The Balaban J connectivity index is 0.00000361. The van der Waals surface area contributed by atoms with Crippen LogP contribution in [0.3, 0.4) is 0 Å². The number of β-lactam (4-membered cyclic amide) rings is 1. The van der Waals surface area contributed by atoms with Gasteiger partial charge in [0, 0.05) is 16.9 Å². The van der Waals surface area contributed by atoms with E-state index in [0.29, 0.717) is 5.57 Å². The van der Waals surface area contributed by atoms with Crippen molar-refractivity contribution < 1.29 is 59.0 Å². The average molecular weight is 563 g/mol. The van der Waals surface area contributed by atoms with E-state index in [4.69, 9.17) is 11.5 Å². The minimum atomic E-state index is -1.56. The Kier molecular flexibility index (Phi) is 8.95. The molecule has 20 heteroatoms. The average Bonchev–Trinajstić information content (AvgIpc) is 3.43. The zero-order valence-electron chi connectivity index (χ0n) is 18.4. The van der Waals surface area contributed by atoms with Gasteiger partial charge >= 0.3 is 29.6 Å². The molecule has 3 amide bonds. The summed E-state index contributed by atoms with van der Waals surface area (Å²) >= 11 is 3.32. The van der Waals surface area contributed by atoms with Crippen LogP contribution >= 0.6 is 34.9 Å². The summed E-state index contributed by atoms with van der Waals surface area (Å²) in [5, 5.41) is 38.5. The second-order valence-corrected chi connectivity index (χ2v) is 9.93. The van der Waals surface area contributed by atoms with Gasteiger partial charge < -0.3 is 31.9 Å². The van der Waals surface area contributed by atoms with Crippen molar-refractivity contribution in [2.75, 3.05) is 17.2 Å². The molecule has 0 spiro atoms. The second kappa shape index (κ2) is 11.6. The summed E-state index contributed by atoms with van der Waals surface area (Å²) < 4.78 is 1.17. The summed E-state index contributed by atoms with van der Waals surface area (Å²) in [7, 11) is 0. The number of nitrogens with zero attached hydrogens (tertiary/aromatic N) is 7. The van der Waals surface area contributed by atoms with E-state index in [1.54, 1.807) is 0 Å². The number of anilines is 1. The molecule has 4 heterocycles. The number of carboxylic acids is 1. The van der Waals surface area contributed by atoms with E-state index in [9.17, 15) is 29.5 Å². The third kappa shape index (κ3) is 5.49. The maximum Gasteiger partial charge on any atom is 1.00 e. The Hall–Kier alpha value is -2.71. The number of carboxylic acid groups (broad SMARTS) is 1. The predicted octanol–water partition coefficient (Wildman–Crippen LogP) is -6.42. The number of hydrogen-bond acceptors (Lipinski definition) is 15. The molecule has 2 aliphatic heterocycles. The smallest absolute Gasteiger partial charge is 0.543 e. The molecule has 2 aliphatic rings. The van der Waals surface area contributed by atoms with E-state index in [0.717, 1.165) is 28.0 Å². The summed E-state index contributed by atoms with van der Waals surface area (Å²) in [4.78, 5) is 53.3. The van der Waals surface area contributed by atoms with Crippen LogP contribution in [-0.2, 0) is 25.7 Å². The fourth-order valence-corrected chi connectivity index (χ4v) is 6.21. The topological polar surface area (TPSA) is 248 Å². The van der Waals surface area contributed by atoms with E-state index < -0.39 is 40.8 Å². The van der Waals surface area contributed by atoms with E-state index in [1.807, 2.05) is 0 Å². The first-order valence-corrected chi connectivity index (χ1v) is 12.4. The maximum atomic E-state index is 12.8. The number of carbonyl (C=O) groups is 4. The molecule has 6 N–H and O–H groups in total. The molecule has 36 heavy (non-hydrogen) atoms. The van der Waals surface area contributed by atoms with Crippen molar-refractivity contribution in [3.8, 4) is 0 Å². The SMILES string of the molecule is NC(=O)Cn1nnnc1SCC1=C(C(=O)[O-])N2C(=O)C(NC(=O)/C(=N/O)c3csc(N)n3)C2SC1.[Na+]. The van der Waals surface area contributed by atoms with Crippen molar-refractivity contribution in [2.45, 2.75) is 23.1 Å². The number of fused-ring (bicyclic) bond motifs is 1. The van der Waals surface area contributed by atoms with Gasteiger partial charge in [0.2, 0.25) is 11.1 Å². The van der Waals surface area contributed by atoms with Crippen LogP contribution in [0.5, 0.6) is 0 Å². The molecule has 184 valence electrons.